The number of hydrogen-bond donors (Lipinski definition) is 1. The number of hydrogen-bond acceptors (Lipinski definition) is 1. The Bertz CT molecular complexity index is 821. The van der Waals surface area contributed by atoms with Crippen LogP contribution in [0.25, 0.3) is 0 Å². The number of carbonyl (C=O) groups is 1. The Morgan fingerprint density at radius 1 is 0.923 bits per heavy atom. The molecule has 2 heteroatoms. The molecule has 2 aromatic rings. The molecule has 6 rings (SSSR count). The van der Waals surface area contributed by atoms with Crippen molar-refractivity contribution in [3.8, 4) is 0 Å². The number of benzene rings is 2. The van der Waals surface area contributed by atoms with E-state index >= 15 is 0 Å². The summed E-state index contributed by atoms with van der Waals surface area (Å²) in [5, 5.41) is 3.30. The minimum absolute atomic E-state index is 0.167. The second kappa shape index (κ2) is 6.42. The fourth-order valence-electron chi connectivity index (χ4n) is 5.37. The van der Waals surface area contributed by atoms with Gasteiger partial charge in [-0.05, 0) is 53.9 Å². The van der Waals surface area contributed by atoms with E-state index in [0.29, 0.717) is 17.8 Å². The van der Waals surface area contributed by atoms with Gasteiger partial charge in [0.15, 0.2) is 0 Å². The van der Waals surface area contributed by atoms with Crippen LogP contribution in [0.15, 0.2) is 60.7 Å². The third-order valence-corrected chi connectivity index (χ3v) is 6.60. The van der Waals surface area contributed by atoms with Crippen molar-refractivity contribution in [2.75, 3.05) is 6.54 Å². The average molecular weight is 343 g/mol. The summed E-state index contributed by atoms with van der Waals surface area (Å²) in [6.07, 6.45) is 8.41. The minimum Gasteiger partial charge on any atom is -0.356 e. The standard InChI is InChI=1S/C24H25NO/c26-24(16-8-2-1-3-9-16)25-15-17-14-22-18-10-4-6-12-20(18)23(17)21-13-7-5-11-19(21)22/h1-2,4-7,10-13,16-17,22-23H,3,8-9,14-15H2,(H,25,26)/t16-,17+,22?,23?/m1/s1. The highest BCUT2D eigenvalue weighted by Crippen LogP contribution is 2.55. The molecule has 4 aliphatic carbocycles. The molecular weight excluding hydrogens is 318 g/mol. The van der Waals surface area contributed by atoms with Gasteiger partial charge in [-0.3, -0.25) is 4.79 Å². The fourth-order valence-corrected chi connectivity index (χ4v) is 5.37. The molecule has 0 fully saturated rings. The second-order valence-corrected chi connectivity index (χ2v) is 8.01. The highest BCUT2D eigenvalue weighted by atomic mass is 16.1. The first-order valence-electron chi connectivity index (χ1n) is 9.93. The zero-order valence-electron chi connectivity index (χ0n) is 15.0. The zero-order chi connectivity index (χ0) is 17.5. The molecule has 0 radical (unpaired) electrons. The Labute approximate surface area is 155 Å². The molecular formula is C24H25NO. The van der Waals surface area contributed by atoms with Crippen LogP contribution in [0.3, 0.4) is 0 Å². The van der Waals surface area contributed by atoms with E-state index in [2.05, 4.69) is 66.0 Å². The lowest BCUT2D eigenvalue weighted by molar-refractivity contribution is -0.125. The van der Waals surface area contributed by atoms with E-state index in [1.54, 1.807) is 0 Å². The molecule has 0 saturated carbocycles. The van der Waals surface area contributed by atoms with Gasteiger partial charge in [0.1, 0.15) is 0 Å². The first-order chi connectivity index (χ1) is 12.8. The normalized spacial score (nSPS) is 28.3. The summed E-state index contributed by atoms with van der Waals surface area (Å²) < 4.78 is 0. The van der Waals surface area contributed by atoms with Crippen LogP contribution in [-0.4, -0.2) is 12.5 Å². The smallest absolute Gasteiger partial charge is 0.223 e. The van der Waals surface area contributed by atoms with Gasteiger partial charge >= 0.3 is 0 Å². The van der Waals surface area contributed by atoms with Gasteiger partial charge in [0.05, 0.1) is 0 Å². The van der Waals surface area contributed by atoms with Crippen LogP contribution in [0, 0.1) is 11.8 Å². The molecule has 26 heavy (non-hydrogen) atoms. The van der Waals surface area contributed by atoms with Crippen molar-refractivity contribution >= 4 is 5.91 Å². The van der Waals surface area contributed by atoms with E-state index < -0.39 is 0 Å². The van der Waals surface area contributed by atoms with Gasteiger partial charge in [-0.2, -0.15) is 0 Å². The predicted octanol–water partition coefficient (Wildman–Crippen LogP) is 4.76. The topological polar surface area (TPSA) is 29.1 Å². The van der Waals surface area contributed by atoms with Crippen LogP contribution < -0.4 is 5.32 Å². The molecule has 0 spiro atoms. The van der Waals surface area contributed by atoms with E-state index in [9.17, 15) is 4.79 Å². The van der Waals surface area contributed by atoms with E-state index in [1.165, 1.54) is 22.3 Å². The molecule has 0 aliphatic heterocycles. The second-order valence-electron chi connectivity index (χ2n) is 8.01. The van der Waals surface area contributed by atoms with Gasteiger partial charge in [0, 0.05) is 24.3 Å². The van der Waals surface area contributed by atoms with Gasteiger partial charge in [-0.25, -0.2) is 0 Å². The van der Waals surface area contributed by atoms with Crippen LogP contribution in [-0.2, 0) is 4.79 Å². The zero-order valence-corrected chi connectivity index (χ0v) is 15.0. The van der Waals surface area contributed by atoms with Crippen molar-refractivity contribution in [2.45, 2.75) is 37.5 Å². The monoisotopic (exact) mass is 343 g/mol. The molecule has 2 nitrogen and oxygen atoms in total. The van der Waals surface area contributed by atoms with Gasteiger partial charge < -0.3 is 5.32 Å². The largest absolute Gasteiger partial charge is 0.356 e. The number of amides is 1. The van der Waals surface area contributed by atoms with Crippen molar-refractivity contribution < 1.29 is 4.79 Å². The Kier molecular flexibility index (Phi) is 3.92. The molecule has 2 bridgehead atoms. The minimum atomic E-state index is 0.167. The summed E-state index contributed by atoms with van der Waals surface area (Å²) in [5.74, 6) is 1.80. The van der Waals surface area contributed by atoms with Crippen molar-refractivity contribution in [1.29, 1.82) is 0 Å². The summed E-state index contributed by atoms with van der Waals surface area (Å²) in [6, 6.07) is 17.8. The number of rotatable bonds is 3. The van der Waals surface area contributed by atoms with Crippen LogP contribution in [0.1, 0.15) is 59.8 Å². The summed E-state index contributed by atoms with van der Waals surface area (Å²) in [5.41, 5.74) is 5.94. The quantitative estimate of drug-likeness (QED) is 0.800. The molecule has 0 saturated heterocycles. The SMILES string of the molecule is O=C(NC[C@@H]1CC2c3ccccc3C1c1ccccc12)[C@@H]1CC=CCC1. The average Bonchev–Trinajstić information content (AvgIpc) is 2.73. The van der Waals surface area contributed by atoms with Crippen LogP contribution in [0.5, 0.6) is 0 Å². The molecule has 0 aromatic heterocycles. The van der Waals surface area contributed by atoms with E-state index in [1.807, 2.05) is 0 Å². The lowest BCUT2D eigenvalue weighted by Crippen LogP contribution is -2.41. The summed E-state index contributed by atoms with van der Waals surface area (Å²) in [6.45, 7) is 0.795. The third-order valence-electron chi connectivity index (χ3n) is 6.60. The first kappa shape index (κ1) is 15.9. The lowest BCUT2D eigenvalue weighted by atomic mass is 9.59. The van der Waals surface area contributed by atoms with Crippen molar-refractivity contribution in [3.63, 3.8) is 0 Å². The lowest BCUT2D eigenvalue weighted by Gasteiger charge is -2.45. The number of fused-ring (bicyclic) bond motifs is 1. The predicted molar refractivity (Wildman–Crippen MR) is 104 cm³/mol. The molecule has 0 heterocycles. The van der Waals surface area contributed by atoms with E-state index in [4.69, 9.17) is 0 Å². The summed E-state index contributed by atoms with van der Waals surface area (Å²) >= 11 is 0. The Hall–Kier alpha value is -2.35. The maximum absolute atomic E-state index is 12.6. The molecule has 4 aliphatic rings. The Morgan fingerprint density at radius 2 is 1.58 bits per heavy atom. The van der Waals surface area contributed by atoms with Crippen molar-refractivity contribution in [2.24, 2.45) is 11.8 Å². The molecule has 2 aromatic carbocycles. The number of carbonyl (C=O) groups excluding carboxylic acids is 1. The Morgan fingerprint density at radius 3 is 2.19 bits per heavy atom. The molecule has 1 N–H and O–H groups in total. The van der Waals surface area contributed by atoms with Crippen LogP contribution in [0.4, 0.5) is 0 Å². The van der Waals surface area contributed by atoms with Crippen LogP contribution >= 0.6 is 0 Å². The van der Waals surface area contributed by atoms with Crippen LogP contribution in [0.2, 0.25) is 0 Å². The molecule has 2 atom stereocenters. The molecule has 1 amide bonds. The fraction of sp³-hybridized carbons (Fsp3) is 0.375. The summed E-state index contributed by atoms with van der Waals surface area (Å²) in [4.78, 5) is 12.6. The molecule has 0 unspecified atom stereocenters. The number of nitrogens with one attached hydrogen (secondary N) is 1. The van der Waals surface area contributed by atoms with Crippen molar-refractivity contribution in [3.05, 3.63) is 82.9 Å². The van der Waals surface area contributed by atoms with Gasteiger partial charge in [-0.15, -0.1) is 0 Å². The highest BCUT2D eigenvalue weighted by molar-refractivity contribution is 5.79. The van der Waals surface area contributed by atoms with E-state index in [-0.39, 0.29) is 11.8 Å². The van der Waals surface area contributed by atoms with Crippen molar-refractivity contribution in [1.82, 2.24) is 5.32 Å². The van der Waals surface area contributed by atoms with E-state index in [0.717, 1.165) is 32.2 Å². The maximum atomic E-state index is 12.6. The van der Waals surface area contributed by atoms with Gasteiger partial charge in [-0.1, -0.05) is 60.7 Å². The third kappa shape index (κ3) is 2.51. The molecule has 132 valence electrons. The Balaban J connectivity index is 1.40. The first-order valence-corrected chi connectivity index (χ1v) is 9.93. The van der Waals surface area contributed by atoms with Gasteiger partial charge in [0.25, 0.3) is 0 Å². The highest BCUT2D eigenvalue weighted by Gasteiger charge is 2.42. The van der Waals surface area contributed by atoms with Gasteiger partial charge in [0.2, 0.25) is 5.91 Å². The summed E-state index contributed by atoms with van der Waals surface area (Å²) in [7, 11) is 0. The number of allylic oxidation sites excluding steroid dienone is 2. The maximum Gasteiger partial charge on any atom is 0.223 e.